The zero-order valence-corrected chi connectivity index (χ0v) is 38.8. The average Bonchev–Trinajstić information content (AvgIpc) is 3.28. The molecule has 7 rings (SSSR count). The lowest BCUT2D eigenvalue weighted by molar-refractivity contribution is -0.346. The van der Waals surface area contributed by atoms with Crippen molar-refractivity contribution in [3.8, 4) is 0 Å². The van der Waals surface area contributed by atoms with Crippen molar-refractivity contribution in [2.45, 2.75) is 108 Å². The Morgan fingerprint density at radius 1 is 0.848 bits per heavy atom. The van der Waals surface area contributed by atoms with Gasteiger partial charge >= 0.3 is 29.8 Å². The number of amides is 1. The maximum absolute atomic E-state index is 15.6. The number of alkyl halides is 1. The second-order valence-electron chi connectivity index (χ2n) is 18.0. The summed E-state index contributed by atoms with van der Waals surface area (Å²) in [4.78, 5) is 97.9. The number of hydrogen-bond donors (Lipinski definition) is 3. The molecule has 0 aromatic heterocycles. The molecule has 5 unspecified atom stereocenters. The average molecular weight is 975 g/mol. The van der Waals surface area contributed by atoms with E-state index in [9.17, 15) is 39.0 Å². The summed E-state index contributed by atoms with van der Waals surface area (Å²) in [6.07, 6.45) is -10.6. The summed E-state index contributed by atoms with van der Waals surface area (Å²) in [5.74, 6) is -7.82. The van der Waals surface area contributed by atoms with Crippen LogP contribution in [-0.2, 0) is 52.4 Å². The van der Waals surface area contributed by atoms with Crippen LogP contribution in [0, 0.1) is 16.7 Å². The Kier molecular flexibility index (Phi) is 13.5. The van der Waals surface area contributed by atoms with Crippen molar-refractivity contribution in [2.24, 2.45) is 16.7 Å². The molecule has 17 heteroatoms. The quantitative estimate of drug-likeness (QED) is 0.0969. The van der Waals surface area contributed by atoms with Crippen molar-refractivity contribution in [1.82, 2.24) is 5.32 Å². The van der Waals surface area contributed by atoms with Crippen LogP contribution >= 0.6 is 15.9 Å². The molecular formula is C49H52BrNO15. The summed E-state index contributed by atoms with van der Waals surface area (Å²) < 4.78 is 36.4. The van der Waals surface area contributed by atoms with Gasteiger partial charge in [-0.1, -0.05) is 96.5 Å². The van der Waals surface area contributed by atoms with E-state index in [0.717, 1.165) is 13.8 Å². The second kappa shape index (κ2) is 18.5. The van der Waals surface area contributed by atoms with Crippen molar-refractivity contribution in [1.29, 1.82) is 0 Å². The molecule has 3 fully saturated rings. The number of aliphatic hydroxyl groups excluding tert-OH is 1. The Morgan fingerprint density at radius 3 is 1.98 bits per heavy atom. The molecule has 1 heterocycles. The van der Waals surface area contributed by atoms with Gasteiger partial charge in [-0.15, -0.1) is 0 Å². The predicted octanol–water partition coefficient (Wildman–Crippen LogP) is 4.68. The van der Waals surface area contributed by atoms with Crippen molar-refractivity contribution < 1.29 is 72.2 Å². The highest BCUT2D eigenvalue weighted by Gasteiger charge is 2.78. The Morgan fingerprint density at radius 2 is 1.44 bits per heavy atom. The van der Waals surface area contributed by atoms with Crippen molar-refractivity contribution in [3.63, 3.8) is 0 Å². The molecule has 4 aliphatic rings. The number of ether oxygens (including phenoxy) is 6. The first-order valence-electron chi connectivity index (χ1n) is 21.5. The molecule has 2 bridgehead atoms. The molecule has 350 valence electrons. The SMILES string of the molecule is CC(=O)O[C@H]1C(=O)[C@@]2(C)C(C(OC(=O)c3ccccc3)[C@]3(O)CC(OC(=O)C(OC(=O)CBr)C(NC(=O)c4ccccc4)c4ccccc4)C(C)=C1C3(C)C)[C@]1(OC(C)=O)CO[C@@H]1C[C@@H]2O. The van der Waals surface area contributed by atoms with Gasteiger partial charge in [0.15, 0.2) is 17.5 Å². The molecule has 1 aliphatic heterocycles. The van der Waals surface area contributed by atoms with Crippen LogP contribution in [-0.4, -0.2) is 112 Å². The minimum absolute atomic E-state index is 0.0265. The number of halogens is 1. The summed E-state index contributed by atoms with van der Waals surface area (Å²) in [5.41, 5.74) is -7.26. The van der Waals surface area contributed by atoms with E-state index >= 15 is 4.79 Å². The smallest absolute Gasteiger partial charge is 0.350 e. The first-order chi connectivity index (χ1) is 31.2. The lowest BCUT2D eigenvalue weighted by Gasteiger charge is -2.67. The number of fused-ring (bicyclic) bond motifs is 5. The Balaban J connectivity index is 1.42. The zero-order valence-electron chi connectivity index (χ0n) is 37.2. The van der Waals surface area contributed by atoms with Crippen LogP contribution in [0.15, 0.2) is 102 Å². The van der Waals surface area contributed by atoms with Crippen LogP contribution in [0.3, 0.4) is 0 Å². The molecule has 11 atom stereocenters. The number of carbonyl (C=O) groups is 7. The fraction of sp³-hybridized carbons (Fsp3) is 0.449. The predicted molar refractivity (Wildman–Crippen MR) is 235 cm³/mol. The number of ketones is 1. The van der Waals surface area contributed by atoms with Crippen LogP contribution in [0.5, 0.6) is 0 Å². The van der Waals surface area contributed by atoms with Gasteiger partial charge in [0.25, 0.3) is 5.91 Å². The molecule has 3 aliphatic carbocycles. The number of benzene rings is 3. The zero-order chi connectivity index (χ0) is 47.9. The minimum Gasteiger partial charge on any atom is -0.455 e. The highest BCUT2D eigenvalue weighted by molar-refractivity contribution is 9.09. The first kappa shape index (κ1) is 48.2. The summed E-state index contributed by atoms with van der Waals surface area (Å²) in [7, 11) is 0. The molecule has 16 nitrogen and oxygen atoms in total. The van der Waals surface area contributed by atoms with E-state index in [2.05, 4.69) is 21.2 Å². The molecule has 0 spiro atoms. The molecule has 0 radical (unpaired) electrons. The third-order valence-corrected chi connectivity index (χ3v) is 14.3. The van der Waals surface area contributed by atoms with E-state index in [0.29, 0.717) is 5.56 Å². The van der Waals surface area contributed by atoms with Gasteiger partial charge in [0, 0.05) is 37.7 Å². The molecule has 3 aromatic carbocycles. The normalized spacial score (nSPS) is 30.5. The van der Waals surface area contributed by atoms with Gasteiger partial charge in [0.05, 0.1) is 29.6 Å². The van der Waals surface area contributed by atoms with E-state index < -0.39 is 119 Å². The van der Waals surface area contributed by atoms with Crippen molar-refractivity contribution in [3.05, 3.63) is 119 Å². The maximum atomic E-state index is 15.6. The fourth-order valence-electron chi connectivity index (χ4n) is 10.5. The van der Waals surface area contributed by atoms with Gasteiger partial charge in [0.2, 0.25) is 6.10 Å². The lowest BCUT2D eigenvalue weighted by Crippen LogP contribution is -2.82. The van der Waals surface area contributed by atoms with E-state index in [1.807, 2.05) is 0 Å². The van der Waals surface area contributed by atoms with Crippen molar-refractivity contribution in [2.75, 3.05) is 11.9 Å². The van der Waals surface area contributed by atoms with E-state index in [1.54, 1.807) is 92.7 Å². The van der Waals surface area contributed by atoms with Gasteiger partial charge in [-0.05, 0) is 54.8 Å². The molecule has 3 N–H and O–H groups in total. The molecule has 1 amide bonds. The monoisotopic (exact) mass is 973 g/mol. The molecule has 66 heavy (non-hydrogen) atoms. The Hall–Kier alpha value is -5.75. The molecule has 2 saturated carbocycles. The van der Waals surface area contributed by atoms with Crippen molar-refractivity contribution >= 4 is 57.5 Å². The number of carbonyl (C=O) groups excluding carboxylic acids is 7. The highest BCUT2D eigenvalue weighted by Crippen LogP contribution is 2.64. The maximum Gasteiger partial charge on any atom is 0.350 e. The summed E-state index contributed by atoms with van der Waals surface area (Å²) in [6, 6.07) is 22.8. The van der Waals surface area contributed by atoms with Gasteiger partial charge < -0.3 is 44.0 Å². The third-order valence-electron chi connectivity index (χ3n) is 13.8. The number of aliphatic hydroxyl groups is 2. The minimum atomic E-state index is -2.44. The number of nitrogens with one attached hydrogen (secondary N) is 1. The summed E-state index contributed by atoms with van der Waals surface area (Å²) in [5, 5.41) is 28.4. The van der Waals surface area contributed by atoms with Crippen LogP contribution < -0.4 is 5.32 Å². The Labute approximate surface area is 389 Å². The summed E-state index contributed by atoms with van der Waals surface area (Å²) in [6.45, 7) is 7.91. The number of esters is 5. The number of rotatable bonds is 12. The number of Topliss-reactive ketones (excluding diaryl/α,β-unsaturated/α-hetero) is 1. The van der Waals surface area contributed by atoms with Gasteiger partial charge in [-0.2, -0.15) is 0 Å². The van der Waals surface area contributed by atoms with Crippen LogP contribution in [0.2, 0.25) is 0 Å². The van der Waals surface area contributed by atoms with Gasteiger partial charge in [0.1, 0.15) is 35.3 Å². The third kappa shape index (κ3) is 8.35. The molecule has 3 aromatic rings. The van der Waals surface area contributed by atoms with Crippen LogP contribution in [0.1, 0.15) is 86.7 Å². The van der Waals surface area contributed by atoms with Crippen LogP contribution in [0.25, 0.3) is 0 Å². The lowest BCUT2D eigenvalue weighted by atomic mass is 9.44. The fourth-order valence-corrected chi connectivity index (χ4v) is 10.6. The van der Waals surface area contributed by atoms with E-state index in [4.69, 9.17) is 28.4 Å². The summed E-state index contributed by atoms with van der Waals surface area (Å²) >= 11 is 3.08. The van der Waals surface area contributed by atoms with E-state index in [-0.39, 0.29) is 40.6 Å². The molecule has 1 saturated heterocycles. The van der Waals surface area contributed by atoms with Crippen LogP contribution in [0.4, 0.5) is 0 Å². The standard InChI is InChI=1S/C49H52BrNO15/c1-26-32(63-45(59)39(64-35(55)24-50)37(29-16-10-7-11-17-29)51-43(57)30-18-12-8-13-19-30)23-49(60)42(65-44(58)31-20-14-9-15-21-31)40-47(6,33(54)22-34-48(40,25-61-34)66-28(3)53)41(56)38(62-27(2)52)36(26)46(49,4)5/h7-21,32-34,37-40,42,54,60H,22-25H2,1-6H3,(H,51,57)/t32?,33-,34+,37?,38+,39?,40?,42?,47+,48-,49+/m0/s1. The highest BCUT2D eigenvalue weighted by atomic mass is 79.9. The topological polar surface area (TPSA) is 227 Å². The second-order valence-corrected chi connectivity index (χ2v) is 18.5. The largest absolute Gasteiger partial charge is 0.455 e. The molecular weight excluding hydrogens is 922 g/mol. The first-order valence-corrected chi connectivity index (χ1v) is 22.6. The number of hydrogen-bond acceptors (Lipinski definition) is 15. The van der Waals surface area contributed by atoms with E-state index in [1.165, 1.54) is 26.0 Å². The Bertz CT molecular complexity index is 2430. The van der Waals surface area contributed by atoms with Gasteiger partial charge in [-0.3, -0.25) is 24.0 Å². The van der Waals surface area contributed by atoms with Gasteiger partial charge in [-0.25, -0.2) is 9.59 Å².